The Kier molecular flexibility index (Phi) is 6.03. The molecule has 1 amide bonds. The van der Waals surface area contributed by atoms with Gasteiger partial charge in [-0.15, -0.1) is 0 Å². The molecule has 0 atom stereocenters. The van der Waals surface area contributed by atoms with Gasteiger partial charge in [0.05, 0.1) is 11.6 Å². The maximum Gasteiger partial charge on any atom is 0.255 e. The summed E-state index contributed by atoms with van der Waals surface area (Å²) in [6, 6.07) is 22.8. The Bertz CT molecular complexity index is 975. The Morgan fingerprint density at radius 1 is 1.11 bits per heavy atom. The van der Waals surface area contributed by atoms with Crippen LogP contribution in [0.2, 0.25) is 0 Å². The number of amides is 1. The van der Waals surface area contributed by atoms with Gasteiger partial charge in [0, 0.05) is 30.0 Å². The zero-order valence-corrected chi connectivity index (χ0v) is 16.0. The number of hydrogen-bond donors (Lipinski definition) is 1. The van der Waals surface area contributed by atoms with Crippen LogP contribution in [0.4, 0.5) is 11.5 Å². The molecule has 0 radical (unpaired) electrons. The van der Waals surface area contributed by atoms with E-state index in [0.29, 0.717) is 23.4 Å². The van der Waals surface area contributed by atoms with Gasteiger partial charge >= 0.3 is 0 Å². The summed E-state index contributed by atoms with van der Waals surface area (Å²) < 4.78 is 0. The van der Waals surface area contributed by atoms with Crippen molar-refractivity contribution in [3.63, 3.8) is 0 Å². The average molecular weight is 370 g/mol. The van der Waals surface area contributed by atoms with Crippen LogP contribution >= 0.6 is 0 Å². The lowest BCUT2D eigenvalue weighted by atomic mass is 10.1. The van der Waals surface area contributed by atoms with Crippen molar-refractivity contribution in [3.8, 4) is 6.07 Å². The third-order valence-corrected chi connectivity index (χ3v) is 4.39. The SMILES string of the molecule is CC(C)N(Cc1ccccc1)c1cc(C(=O)Nc2ccc(C#N)cc2)ccn1. The van der Waals surface area contributed by atoms with Crippen LogP contribution in [-0.2, 0) is 6.54 Å². The summed E-state index contributed by atoms with van der Waals surface area (Å²) in [5.74, 6) is 0.545. The zero-order chi connectivity index (χ0) is 19.9. The van der Waals surface area contributed by atoms with Crippen LogP contribution in [-0.4, -0.2) is 16.9 Å². The van der Waals surface area contributed by atoms with E-state index in [1.165, 1.54) is 5.56 Å². The summed E-state index contributed by atoms with van der Waals surface area (Å²) in [4.78, 5) is 19.3. The summed E-state index contributed by atoms with van der Waals surface area (Å²) in [7, 11) is 0. The summed E-state index contributed by atoms with van der Waals surface area (Å²) >= 11 is 0. The number of carbonyl (C=O) groups excluding carboxylic acids is 1. The van der Waals surface area contributed by atoms with E-state index in [-0.39, 0.29) is 11.9 Å². The van der Waals surface area contributed by atoms with Gasteiger partial charge in [0.1, 0.15) is 5.82 Å². The first-order valence-electron chi connectivity index (χ1n) is 9.15. The summed E-state index contributed by atoms with van der Waals surface area (Å²) in [5.41, 5.74) is 2.92. The molecule has 1 aromatic heterocycles. The van der Waals surface area contributed by atoms with E-state index in [0.717, 1.165) is 5.82 Å². The minimum atomic E-state index is -0.211. The maximum atomic E-state index is 12.6. The van der Waals surface area contributed by atoms with Gasteiger partial charge in [-0.1, -0.05) is 30.3 Å². The third-order valence-electron chi connectivity index (χ3n) is 4.39. The molecular formula is C23H22N4O. The second-order valence-corrected chi connectivity index (χ2v) is 6.75. The van der Waals surface area contributed by atoms with E-state index < -0.39 is 0 Å². The molecule has 2 aromatic carbocycles. The molecule has 28 heavy (non-hydrogen) atoms. The Morgan fingerprint density at radius 3 is 2.46 bits per heavy atom. The molecular weight excluding hydrogens is 348 g/mol. The highest BCUT2D eigenvalue weighted by atomic mass is 16.1. The summed E-state index contributed by atoms with van der Waals surface area (Å²) in [6.45, 7) is 4.93. The fourth-order valence-electron chi connectivity index (χ4n) is 2.86. The van der Waals surface area contributed by atoms with Crippen LogP contribution < -0.4 is 10.2 Å². The quantitative estimate of drug-likeness (QED) is 0.687. The van der Waals surface area contributed by atoms with Crippen LogP contribution in [0.15, 0.2) is 72.9 Å². The number of carbonyl (C=O) groups is 1. The Balaban J connectivity index is 1.79. The van der Waals surface area contributed by atoms with Crippen LogP contribution in [0.3, 0.4) is 0 Å². The van der Waals surface area contributed by atoms with Gasteiger partial charge in [0.2, 0.25) is 0 Å². The van der Waals surface area contributed by atoms with Gasteiger partial charge in [0.25, 0.3) is 5.91 Å². The molecule has 0 aliphatic heterocycles. The van der Waals surface area contributed by atoms with E-state index >= 15 is 0 Å². The predicted octanol–water partition coefficient (Wildman–Crippen LogP) is 4.62. The van der Waals surface area contributed by atoms with Crippen molar-refractivity contribution in [2.75, 3.05) is 10.2 Å². The van der Waals surface area contributed by atoms with Crippen molar-refractivity contribution in [2.24, 2.45) is 0 Å². The van der Waals surface area contributed by atoms with Crippen molar-refractivity contribution < 1.29 is 4.79 Å². The first-order chi connectivity index (χ1) is 13.6. The maximum absolute atomic E-state index is 12.6. The first kappa shape index (κ1) is 19.1. The predicted molar refractivity (Wildman–Crippen MR) is 111 cm³/mol. The number of hydrogen-bond acceptors (Lipinski definition) is 4. The van der Waals surface area contributed by atoms with Gasteiger partial charge in [-0.05, 0) is 55.8 Å². The average Bonchev–Trinajstić information content (AvgIpc) is 2.73. The number of aromatic nitrogens is 1. The van der Waals surface area contributed by atoms with E-state index in [2.05, 4.69) is 47.3 Å². The number of nitriles is 1. The Labute approximate surface area is 165 Å². The van der Waals surface area contributed by atoms with E-state index in [4.69, 9.17) is 5.26 Å². The van der Waals surface area contributed by atoms with Crippen molar-refractivity contribution in [1.29, 1.82) is 5.26 Å². The largest absolute Gasteiger partial charge is 0.350 e. The van der Waals surface area contributed by atoms with Gasteiger partial charge in [-0.3, -0.25) is 4.79 Å². The Hall–Kier alpha value is -3.65. The van der Waals surface area contributed by atoms with Crippen molar-refractivity contribution in [3.05, 3.63) is 89.6 Å². The molecule has 0 saturated carbocycles. The van der Waals surface area contributed by atoms with Gasteiger partial charge < -0.3 is 10.2 Å². The molecule has 0 saturated heterocycles. The lowest BCUT2D eigenvalue weighted by Crippen LogP contribution is -2.31. The first-order valence-corrected chi connectivity index (χ1v) is 9.15. The highest BCUT2D eigenvalue weighted by Crippen LogP contribution is 2.20. The molecule has 0 spiro atoms. The third kappa shape index (κ3) is 4.74. The molecule has 0 bridgehead atoms. The minimum Gasteiger partial charge on any atom is -0.350 e. The van der Waals surface area contributed by atoms with E-state index in [1.807, 2.05) is 24.3 Å². The number of anilines is 2. The topological polar surface area (TPSA) is 69.0 Å². The second kappa shape index (κ2) is 8.83. The number of nitrogens with one attached hydrogen (secondary N) is 1. The molecule has 0 aliphatic rings. The molecule has 1 N–H and O–H groups in total. The van der Waals surface area contributed by atoms with Gasteiger partial charge in [-0.2, -0.15) is 5.26 Å². The summed E-state index contributed by atoms with van der Waals surface area (Å²) in [5, 5.41) is 11.7. The van der Waals surface area contributed by atoms with Gasteiger partial charge in [-0.25, -0.2) is 4.98 Å². The van der Waals surface area contributed by atoms with Crippen molar-refractivity contribution in [2.45, 2.75) is 26.4 Å². The molecule has 140 valence electrons. The van der Waals surface area contributed by atoms with Crippen molar-refractivity contribution >= 4 is 17.4 Å². The van der Waals surface area contributed by atoms with E-state index in [9.17, 15) is 4.79 Å². The molecule has 1 heterocycles. The summed E-state index contributed by atoms with van der Waals surface area (Å²) in [6.07, 6.45) is 1.66. The number of rotatable bonds is 6. The Morgan fingerprint density at radius 2 is 1.82 bits per heavy atom. The molecule has 0 unspecified atom stereocenters. The normalized spacial score (nSPS) is 10.4. The molecule has 3 aromatic rings. The van der Waals surface area contributed by atoms with Crippen LogP contribution in [0.25, 0.3) is 0 Å². The fraction of sp³-hybridized carbons (Fsp3) is 0.174. The molecule has 0 fully saturated rings. The standard InChI is InChI=1S/C23H22N4O/c1-17(2)27(16-19-6-4-3-5-7-19)22-14-20(12-13-25-22)23(28)26-21-10-8-18(15-24)9-11-21/h3-14,17H,16H2,1-2H3,(H,26,28). The highest BCUT2D eigenvalue weighted by Gasteiger charge is 2.15. The molecule has 3 rings (SSSR count). The second-order valence-electron chi connectivity index (χ2n) is 6.75. The molecule has 0 aliphatic carbocycles. The number of benzene rings is 2. The smallest absolute Gasteiger partial charge is 0.255 e. The molecule has 5 heteroatoms. The lowest BCUT2D eigenvalue weighted by Gasteiger charge is -2.28. The van der Waals surface area contributed by atoms with Crippen molar-refractivity contribution in [1.82, 2.24) is 4.98 Å². The fourth-order valence-corrected chi connectivity index (χ4v) is 2.86. The zero-order valence-electron chi connectivity index (χ0n) is 16.0. The van der Waals surface area contributed by atoms with E-state index in [1.54, 1.807) is 36.5 Å². The lowest BCUT2D eigenvalue weighted by molar-refractivity contribution is 0.102. The number of nitrogens with zero attached hydrogens (tertiary/aromatic N) is 3. The van der Waals surface area contributed by atoms with Crippen LogP contribution in [0.1, 0.15) is 35.3 Å². The monoisotopic (exact) mass is 370 g/mol. The van der Waals surface area contributed by atoms with Crippen LogP contribution in [0, 0.1) is 11.3 Å². The molecule has 5 nitrogen and oxygen atoms in total. The minimum absolute atomic E-state index is 0.211. The van der Waals surface area contributed by atoms with Gasteiger partial charge in [0.15, 0.2) is 0 Å². The number of pyridine rings is 1. The highest BCUT2D eigenvalue weighted by molar-refractivity contribution is 6.04. The van der Waals surface area contributed by atoms with Crippen LogP contribution in [0.5, 0.6) is 0 Å².